The Balaban J connectivity index is 1.61. The number of ether oxygens (including phenoxy) is 1. The molecular weight excluding hydrogens is 400 g/mol. The van der Waals surface area contributed by atoms with E-state index < -0.39 is 10.5 Å². The van der Waals surface area contributed by atoms with Crippen molar-refractivity contribution in [2.45, 2.75) is 12.3 Å². The molecular formula is C18H16N4O4S2. The lowest BCUT2D eigenvalue weighted by Crippen LogP contribution is -2.18. The van der Waals surface area contributed by atoms with E-state index in [0.717, 1.165) is 11.3 Å². The molecule has 0 fully saturated rings. The van der Waals surface area contributed by atoms with Gasteiger partial charge in [-0.05, 0) is 23.8 Å². The number of thiocarbonyl (C=S) groups is 1. The molecule has 0 bridgehead atoms. The number of H-pyrrole nitrogens is 1. The predicted molar refractivity (Wildman–Crippen MR) is 113 cm³/mol. The molecule has 0 spiro atoms. The summed E-state index contributed by atoms with van der Waals surface area (Å²) in [5.41, 5.74) is 0.900. The molecule has 8 nitrogen and oxygen atoms in total. The molecule has 0 radical (unpaired) electrons. The van der Waals surface area contributed by atoms with Gasteiger partial charge in [-0.3, -0.25) is 14.9 Å². The number of fused-ring (bicyclic) bond motifs is 1. The molecule has 0 saturated carbocycles. The van der Waals surface area contributed by atoms with Gasteiger partial charge in [0.15, 0.2) is 0 Å². The van der Waals surface area contributed by atoms with E-state index in [9.17, 15) is 14.9 Å². The highest BCUT2D eigenvalue weighted by Crippen LogP contribution is 2.18. The van der Waals surface area contributed by atoms with Crippen molar-refractivity contribution in [2.24, 2.45) is 0 Å². The van der Waals surface area contributed by atoms with Crippen molar-refractivity contribution in [3.63, 3.8) is 0 Å². The van der Waals surface area contributed by atoms with Gasteiger partial charge in [0, 0.05) is 18.7 Å². The van der Waals surface area contributed by atoms with Gasteiger partial charge in [-0.15, -0.1) is 0 Å². The number of hydrogen-bond donors (Lipinski definition) is 2. The van der Waals surface area contributed by atoms with E-state index in [4.69, 9.17) is 17.0 Å². The fraction of sp³-hybridized carbons (Fsp3) is 0.167. The number of nitrogens with one attached hydrogen (secondary N) is 2. The maximum atomic E-state index is 12.2. The smallest absolute Gasteiger partial charge is 0.270 e. The number of nitrogens with zero attached hydrogens (tertiary/aromatic N) is 2. The number of hydrogen-bond acceptors (Lipinski definition) is 7. The Morgan fingerprint density at radius 3 is 2.75 bits per heavy atom. The third-order valence-electron chi connectivity index (χ3n) is 3.88. The lowest BCUT2D eigenvalue weighted by molar-refractivity contribution is -0.384. The average molecular weight is 416 g/mol. The first kappa shape index (κ1) is 19.8. The SMILES string of the molecule is COc1ccc(CNC(=S)SCc2nc3ccc([N+](=O)[O-])cc3c(=O)[nH]2)cc1. The molecule has 0 aliphatic rings. The molecule has 0 atom stereocenters. The number of methoxy groups -OCH3 is 1. The van der Waals surface area contributed by atoms with Gasteiger partial charge in [0.25, 0.3) is 11.2 Å². The van der Waals surface area contributed by atoms with E-state index in [1.807, 2.05) is 24.3 Å². The van der Waals surface area contributed by atoms with E-state index in [-0.39, 0.29) is 11.1 Å². The molecule has 28 heavy (non-hydrogen) atoms. The second kappa shape index (κ2) is 8.81. The first-order chi connectivity index (χ1) is 13.5. The van der Waals surface area contributed by atoms with Crippen molar-refractivity contribution in [2.75, 3.05) is 7.11 Å². The summed E-state index contributed by atoms with van der Waals surface area (Å²) in [4.78, 5) is 29.5. The number of aromatic amines is 1. The zero-order valence-electron chi connectivity index (χ0n) is 14.8. The van der Waals surface area contributed by atoms with Crippen molar-refractivity contribution in [1.82, 2.24) is 15.3 Å². The number of thioether (sulfide) groups is 1. The molecule has 0 aliphatic carbocycles. The molecule has 2 aromatic carbocycles. The summed E-state index contributed by atoms with van der Waals surface area (Å²) in [6.45, 7) is 0.571. The van der Waals surface area contributed by atoms with Crippen LogP contribution >= 0.6 is 24.0 Å². The van der Waals surface area contributed by atoms with Gasteiger partial charge in [0.1, 0.15) is 15.9 Å². The molecule has 1 heterocycles. The average Bonchev–Trinajstić information content (AvgIpc) is 2.70. The lowest BCUT2D eigenvalue weighted by Gasteiger charge is -2.08. The Bertz CT molecular complexity index is 1080. The monoisotopic (exact) mass is 416 g/mol. The van der Waals surface area contributed by atoms with Crippen molar-refractivity contribution < 1.29 is 9.66 Å². The summed E-state index contributed by atoms with van der Waals surface area (Å²) in [6.07, 6.45) is 0. The quantitative estimate of drug-likeness (QED) is 0.358. The summed E-state index contributed by atoms with van der Waals surface area (Å²) in [5.74, 6) is 1.61. The number of aromatic nitrogens is 2. The third kappa shape index (κ3) is 4.84. The van der Waals surface area contributed by atoms with Gasteiger partial charge in [0.05, 0.1) is 28.7 Å². The Morgan fingerprint density at radius 1 is 1.32 bits per heavy atom. The highest BCUT2D eigenvalue weighted by atomic mass is 32.2. The lowest BCUT2D eigenvalue weighted by atomic mass is 10.2. The minimum Gasteiger partial charge on any atom is -0.497 e. The topological polar surface area (TPSA) is 110 Å². The summed E-state index contributed by atoms with van der Waals surface area (Å²) >= 11 is 6.64. The van der Waals surface area contributed by atoms with Crippen molar-refractivity contribution in [3.8, 4) is 5.75 Å². The van der Waals surface area contributed by atoms with Crippen molar-refractivity contribution in [3.05, 3.63) is 74.3 Å². The molecule has 0 unspecified atom stereocenters. The molecule has 0 saturated heterocycles. The Kier molecular flexibility index (Phi) is 6.22. The van der Waals surface area contributed by atoms with Crippen LogP contribution in [0.3, 0.4) is 0 Å². The fourth-order valence-electron chi connectivity index (χ4n) is 2.46. The van der Waals surface area contributed by atoms with Gasteiger partial charge in [-0.1, -0.05) is 36.1 Å². The van der Waals surface area contributed by atoms with E-state index in [1.54, 1.807) is 7.11 Å². The second-order valence-corrected chi connectivity index (χ2v) is 7.40. The van der Waals surface area contributed by atoms with Crippen LogP contribution < -0.4 is 15.6 Å². The number of non-ortho nitro benzene ring substituents is 1. The Hall–Kier alpha value is -2.98. The summed E-state index contributed by atoms with van der Waals surface area (Å²) in [7, 11) is 1.62. The molecule has 0 amide bonds. The highest BCUT2D eigenvalue weighted by molar-refractivity contribution is 8.22. The molecule has 0 aliphatic heterocycles. The van der Waals surface area contributed by atoms with E-state index in [0.29, 0.717) is 28.0 Å². The largest absolute Gasteiger partial charge is 0.497 e. The minimum atomic E-state index is -0.546. The summed E-state index contributed by atoms with van der Waals surface area (Å²) < 4.78 is 5.69. The van der Waals surface area contributed by atoms with Crippen LogP contribution in [0.5, 0.6) is 5.75 Å². The van der Waals surface area contributed by atoms with Crippen LogP contribution in [0, 0.1) is 10.1 Å². The minimum absolute atomic E-state index is 0.147. The van der Waals surface area contributed by atoms with E-state index >= 15 is 0 Å². The van der Waals surface area contributed by atoms with Crippen molar-refractivity contribution in [1.29, 1.82) is 0 Å². The Morgan fingerprint density at radius 2 is 2.07 bits per heavy atom. The second-order valence-electron chi connectivity index (χ2n) is 5.75. The highest BCUT2D eigenvalue weighted by Gasteiger charge is 2.11. The maximum Gasteiger partial charge on any atom is 0.270 e. The first-order valence-electron chi connectivity index (χ1n) is 8.17. The zero-order chi connectivity index (χ0) is 20.1. The number of rotatable bonds is 6. The molecule has 1 aromatic heterocycles. The van der Waals surface area contributed by atoms with Crippen LogP contribution in [0.15, 0.2) is 47.3 Å². The molecule has 2 N–H and O–H groups in total. The molecule has 10 heteroatoms. The summed E-state index contributed by atoms with van der Waals surface area (Å²) in [6, 6.07) is 11.7. The van der Waals surface area contributed by atoms with Gasteiger partial charge in [-0.25, -0.2) is 4.98 Å². The number of nitro benzene ring substituents is 1. The van der Waals surface area contributed by atoms with Crippen LogP contribution in [-0.4, -0.2) is 26.3 Å². The van der Waals surface area contributed by atoms with Gasteiger partial charge < -0.3 is 15.0 Å². The van der Waals surface area contributed by atoms with E-state index in [1.165, 1.54) is 30.0 Å². The molecule has 144 valence electrons. The molecule has 3 rings (SSSR count). The summed E-state index contributed by atoms with van der Waals surface area (Å²) in [5, 5.41) is 14.2. The normalized spacial score (nSPS) is 10.6. The predicted octanol–water partition coefficient (Wildman–Crippen LogP) is 3.15. The number of benzene rings is 2. The van der Waals surface area contributed by atoms with Crippen molar-refractivity contribution >= 4 is 44.9 Å². The Labute approximate surface area is 169 Å². The van der Waals surface area contributed by atoms with Gasteiger partial charge in [0.2, 0.25) is 0 Å². The first-order valence-corrected chi connectivity index (χ1v) is 9.56. The van der Waals surface area contributed by atoms with Crippen LogP contribution in [0.2, 0.25) is 0 Å². The van der Waals surface area contributed by atoms with Crippen LogP contribution in [-0.2, 0) is 12.3 Å². The standard InChI is InChI=1S/C18H16N4O4S2/c1-26-13-5-2-11(3-6-13)9-19-18(27)28-10-16-20-15-7-4-12(22(24)25)8-14(15)17(23)21-16/h2-8H,9-10H2,1H3,(H,19,27)(H,20,21,23). The van der Waals surface area contributed by atoms with Crippen LogP contribution in [0.25, 0.3) is 10.9 Å². The van der Waals surface area contributed by atoms with Crippen LogP contribution in [0.1, 0.15) is 11.4 Å². The zero-order valence-corrected chi connectivity index (χ0v) is 16.4. The number of nitro groups is 1. The third-order valence-corrected chi connectivity index (χ3v) is 5.21. The van der Waals surface area contributed by atoms with Gasteiger partial charge >= 0.3 is 0 Å². The molecule has 3 aromatic rings. The maximum absolute atomic E-state index is 12.2. The van der Waals surface area contributed by atoms with E-state index in [2.05, 4.69) is 15.3 Å². The van der Waals surface area contributed by atoms with Gasteiger partial charge in [-0.2, -0.15) is 0 Å². The van der Waals surface area contributed by atoms with Crippen LogP contribution in [0.4, 0.5) is 5.69 Å². The fourth-order valence-corrected chi connectivity index (χ4v) is 3.29.